The smallest absolute Gasteiger partial charge is 0.370 e. The van der Waals surface area contributed by atoms with E-state index in [1.54, 1.807) is 11.8 Å². The lowest BCUT2D eigenvalue weighted by atomic mass is 9.87. The minimum absolute atomic E-state index is 0.0129. The number of nitrogens with two attached hydrogens (primary N) is 4. The van der Waals surface area contributed by atoms with Crippen molar-refractivity contribution < 1.29 is 102 Å². The van der Waals surface area contributed by atoms with Crippen molar-refractivity contribution in [1.29, 1.82) is 0 Å². The summed E-state index contributed by atoms with van der Waals surface area (Å²) >= 11 is 0. The highest BCUT2D eigenvalue weighted by Gasteiger charge is 2.46. The summed E-state index contributed by atoms with van der Waals surface area (Å²) in [7, 11) is 0. The van der Waals surface area contributed by atoms with E-state index in [4.69, 9.17) is 65.6 Å². The fourth-order valence-electron chi connectivity index (χ4n) is 7.87. The van der Waals surface area contributed by atoms with Crippen LogP contribution in [0.3, 0.4) is 0 Å². The van der Waals surface area contributed by atoms with Gasteiger partial charge in [-0.05, 0) is 31.4 Å². The van der Waals surface area contributed by atoms with Gasteiger partial charge in [0.15, 0.2) is 23.8 Å². The van der Waals surface area contributed by atoms with Crippen molar-refractivity contribution in [2.45, 2.75) is 114 Å². The van der Waals surface area contributed by atoms with Gasteiger partial charge in [0, 0.05) is 45.5 Å². The van der Waals surface area contributed by atoms with Crippen LogP contribution in [0.1, 0.15) is 59.3 Å². The van der Waals surface area contributed by atoms with Gasteiger partial charge in [-0.25, -0.2) is 19.6 Å². The number of aliphatic hydroxyl groups excluding tert-OH is 4. The molecule has 0 saturated heterocycles. The molecule has 78 heavy (non-hydrogen) atoms. The number of carbonyl (C=O) groups is 6. The van der Waals surface area contributed by atoms with Crippen LogP contribution in [0.5, 0.6) is 0 Å². The minimum atomic E-state index is -1.73. The molecular formula is C48H83N9O21. The van der Waals surface area contributed by atoms with E-state index in [1.807, 2.05) is 6.92 Å². The zero-order valence-corrected chi connectivity index (χ0v) is 44.6. The van der Waals surface area contributed by atoms with Crippen molar-refractivity contribution in [3.8, 4) is 0 Å². The number of hydrogen-bond donors (Lipinski definition) is 12. The third kappa shape index (κ3) is 26.7. The Kier molecular flexibility index (Phi) is 33.9. The van der Waals surface area contributed by atoms with E-state index < -0.39 is 128 Å². The van der Waals surface area contributed by atoms with E-state index >= 15 is 0 Å². The van der Waals surface area contributed by atoms with Gasteiger partial charge in [0.25, 0.3) is 0 Å². The first kappa shape index (κ1) is 68.3. The van der Waals surface area contributed by atoms with Gasteiger partial charge in [-0.1, -0.05) is 20.3 Å². The van der Waals surface area contributed by atoms with Gasteiger partial charge in [-0.3, -0.25) is 19.2 Å². The number of aliphatic hydroxyl groups is 4. The maximum atomic E-state index is 13.4. The lowest BCUT2D eigenvalue weighted by molar-refractivity contribution is -0.159. The molecule has 0 bridgehead atoms. The average molecular weight is 1120 g/mol. The van der Waals surface area contributed by atoms with Crippen LogP contribution in [0.4, 0.5) is 0 Å². The van der Waals surface area contributed by atoms with Crippen molar-refractivity contribution in [3.05, 3.63) is 23.7 Å². The molecule has 30 nitrogen and oxygen atoms in total. The number of carboxylic acids is 2. The van der Waals surface area contributed by atoms with Gasteiger partial charge in [0.1, 0.15) is 43.7 Å². The van der Waals surface area contributed by atoms with Crippen LogP contribution in [0.2, 0.25) is 0 Å². The molecule has 16 N–H and O–H groups in total. The van der Waals surface area contributed by atoms with Crippen molar-refractivity contribution in [2.24, 2.45) is 38.8 Å². The fraction of sp³-hybridized carbons (Fsp3) is 0.750. The van der Waals surface area contributed by atoms with Crippen LogP contribution in [0.15, 0.2) is 33.7 Å². The Morgan fingerprint density at radius 1 is 0.667 bits per heavy atom. The van der Waals surface area contributed by atoms with Crippen LogP contribution < -0.4 is 33.6 Å². The summed E-state index contributed by atoms with van der Waals surface area (Å²) in [5.74, 6) is -7.40. The Morgan fingerprint density at radius 2 is 1.18 bits per heavy atom. The number of nitrogens with one attached hydrogen (secondary N) is 2. The predicted octanol–water partition coefficient (Wildman–Crippen LogP) is -4.42. The molecular weight excluding hydrogens is 1040 g/mol. The number of carbonyl (C=O) groups excluding carboxylic acids is 4. The number of aliphatic imine (C=N–C) groups is 2. The molecule has 0 fully saturated rings. The molecule has 2 aliphatic rings. The average Bonchev–Trinajstić information content (AvgIpc) is 3.44. The lowest BCUT2D eigenvalue weighted by Crippen LogP contribution is -2.60. The molecule has 0 spiro atoms. The number of guanidine groups is 2. The maximum Gasteiger partial charge on any atom is 0.370 e. The van der Waals surface area contributed by atoms with Crippen molar-refractivity contribution in [2.75, 3.05) is 112 Å². The van der Waals surface area contributed by atoms with Crippen LogP contribution in [-0.2, 0) is 71.4 Å². The molecule has 3 amide bonds. The quantitative estimate of drug-likeness (QED) is 0.0156. The number of nitrogens with zero attached hydrogens (tertiary/aromatic N) is 3. The van der Waals surface area contributed by atoms with Crippen LogP contribution in [-0.4, -0.2) is 250 Å². The summed E-state index contributed by atoms with van der Waals surface area (Å²) < 4.78 is 50.3. The van der Waals surface area contributed by atoms with Crippen LogP contribution >= 0.6 is 0 Å². The van der Waals surface area contributed by atoms with Crippen LogP contribution in [0.25, 0.3) is 0 Å². The summed E-state index contributed by atoms with van der Waals surface area (Å²) in [5.41, 5.74) is 22.2. The number of aliphatic carboxylic acids is 2. The largest absolute Gasteiger partial charge is 0.480 e. The number of carboxylic acid groups (broad SMARTS) is 2. The summed E-state index contributed by atoms with van der Waals surface area (Å²) in [6.07, 6.45) is -4.21. The van der Waals surface area contributed by atoms with E-state index in [-0.39, 0.29) is 76.6 Å². The standard InChI is InChI=1S/C48H83N9O21/c1-4-13-70-17-19-73-21-22-74-20-18-71-14-9-39(65)57(11-7-5-6-8-31(61)27-75-42(34(62)25-58)41-29(2)32(55-47(49)50)23-36(77-41)45(66)67)12-16-72-15-10-53-38(64)28-76-43(35(63)26-59)44-40(54-30(3)60)33(56-48(51)52)24-37(78-44)46(68)69/h23-24,29,32-35,40-44,58-59,62-63H,4-22,25-28H2,1-3H3,(H,53,64)(H,54,60)(H,66,67)(H,68,69)(H4,49,50,55)(H4,51,52,56)/t29-,32+,33+,34-,35-,40-,41-,42-,43-,44-/m1/s1. The molecule has 0 aromatic carbocycles. The molecule has 0 aromatic rings. The maximum absolute atomic E-state index is 13.4. The SMILES string of the molecule is CCCOCCOCCOCCOCCC(=O)N(CCCCCC(=O)CO[C@@H]([C@@H]1OC(C(=O)O)=C[C@H](N=C(N)N)[C@H]1C)[C@H](O)CO)CCOCCNC(=O)CO[C@@H]([C@@H]1OC(C(=O)O)=C[C@H](N=C(N)N)[C@H]1NC(C)=O)[C@H](O)CO. The molecule has 0 unspecified atom stereocenters. The molecule has 446 valence electrons. The Bertz CT molecular complexity index is 1960. The molecule has 2 aliphatic heterocycles. The number of ketones is 1. The third-order valence-electron chi connectivity index (χ3n) is 11.7. The predicted molar refractivity (Wildman–Crippen MR) is 275 cm³/mol. The number of amides is 3. The number of ether oxygens (including phenoxy) is 9. The van der Waals surface area contributed by atoms with E-state index in [2.05, 4.69) is 20.6 Å². The summed E-state index contributed by atoms with van der Waals surface area (Å²) in [6, 6.07) is -3.29. The molecule has 30 heteroatoms. The van der Waals surface area contributed by atoms with Crippen molar-refractivity contribution >= 4 is 47.4 Å². The van der Waals surface area contributed by atoms with Gasteiger partial charge in [-0.15, -0.1) is 0 Å². The van der Waals surface area contributed by atoms with Crippen molar-refractivity contribution in [3.63, 3.8) is 0 Å². The Balaban J connectivity index is 1.96. The summed E-state index contributed by atoms with van der Waals surface area (Å²) in [5, 5.41) is 65.3. The van der Waals surface area contributed by atoms with E-state index in [0.29, 0.717) is 58.9 Å². The lowest BCUT2D eigenvalue weighted by Gasteiger charge is -2.40. The third-order valence-corrected chi connectivity index (χ3v) is 11.7. The molecule has 0 radical (unpaired) electrons. The topological polar surface area (TPSA) is 463 Å². The first-order valence-electron chi connectivity index (χ1n) is 25.7. The Labute approximate surface area is 452 Å². The number of unbranched alkanes of at least 4 members (excludes halogenated alkanes) is 2. The monoisotopic (exact) mass is 1120 g/mol. The number of rotatable bonds is 43. The van der Waals surface area contributed by atoms with Gasteiger partial charge >= 0.3 is 11.9 Å². The molecule has 0 saturated carbocycles. The second-order valence-electron chi connectivity index (χ2n) is 18.0. The summed E-state index contributed by atoms with van der Waals surface area (Å²) in [4.78, 5) is 84.7. The molecule has 2 heterocycles. The van der Waals surface area contributed by atoms with E-state index in [9.17, 15) is 59.4 Å². The fourth-order valence-corrected chi connectivity index (χ4v) is 7.87. The zero-order valence-electron chi connectivity index (χ0n) is 44.6. The second-order valence-corrected chi connectivity index (χ2v) is 18.0. The van der Waals surface area contributed by atoms with Gasteiger partial charge in [-0.2, -0.15) is 0 Å². The number of Topliss-reactive ketones (excluding diaryl/α,β-unsaturated/α-hetero) is 1. The van der Waals surface area contributed by atoms with E-state index in [0.717, 1.165) is 19.4 Å². The zero-order chi connectivity index (χ0) is 58.0. The highest BCUT2D eigenvalue weighted by molar-refractivity contribution is 5.86. The van der Waals surface area contributed by atoms with Crippen molar-refractivity contribution in [1.82, 2.24) is 15.5 Å². The highest BCUT2D eigenvalue weighted by atomic mass is 16.6. The van der Waals surface area contributed by atoms with Crippen LogP contribution in [0, 0.1) is 5.92 Å². The molecule has 10 atom stereocenters. The second kappa shape index (κ2) is 38.7. The molecule has 0 aliphatic carbocycles. The number of hydrogen-bond acceptors (Lipinski definition) is 21. The summed E-state index contributed by atoms with van der Waals surface area (Å²) in [6.45, 7) is 5.41. The normalized spacial score (nSPS) is 20.5. The first-order chi connectivity index (χ1) is 37.2. The molecule has 0 aromatic heterocycles. The van der Waals surface area contributed by atoms with E-state index in [1.165, 1.54) is 6.08 Å². The van der Waals surface area contributed by atoms with Gasteiger partial charge in [0.05, 0.1) is 97.2 Å². The van der Waals surface area contributed by atoms with Gasteiger partial charge < -0.3 is 112 Å². The molecule has 2 rings (SSSR count). The minimum Gasteiger partial charge on any atom is -0.480 e. The van der Waals surface area contributed by atoms with Gasteiger partial charge in [0.2, 0.25) is 29.2 Å². The highest BCUT2D eigenvalue weighted by Crippen LogP contribution is 2.31. The first-order valence-corrected chi connectivity index (χ1v) is 25.7. The Morgan fingerprint density at radius 3 is 1.73 bits per heavy atom. The Hall–Kier alpha value is -5.80.